The van der Waals surface area contributed by atoms with Gasteiger partial charge < -0.3 is 9.84 Å². The van der Waals surface area contributed by atoms with Crippen molar-refractivity contribution in [2.24, 2.45) is 0 Å². The molecule has 110 valence electrons. The Bertz CT molecular complexity index is 608. The molecule has 0 aromatic heterocycles. The van der Waals surface area contributed by atoms with E-state index in [0.717, 1.165) is 5.75 Å². The topological polar surface area (TPSA) is 63.6 Å². The van der Waals surface area contributed by atoms with Gasteiger partial charge in [-0.2, -0.15) is 0 Å². The summed E-state index contributed by atoms with van der Waals surface area (Å²) < 4.78 is 17.6. The highest BCUT2D eigenvalue weighted by Crippen LogP contribution is 2.11. The van der Waals surface area contributed by atoms with Crippen LogP contribution in [0.15, 0.2) is 59.5 Å². The van der Waals surface area contributed by atoms with Gasteiger partial charge in [-0.1, -0.05) is 18.2 Å². The molecule has 0 aliphatic rings. The van der Waals surface area contributed by atoms with Gasteiger partial charge in [0.05, 0.1) is 23.0 Å². The Hall–Kier alpha value is -2.14. The molecular weight excluding hydrogens is 288 g/mol. The number of benzene rings is 2. The predicted molar refractivity (Wildman–Crippen MR) is 81.2 cm³/mol. The molecule has 1 unspecified atom stereocenters. The van der Waals surface area contributed by atoms with E-state index in [4.69, 9.17) is 9.84 Å². The van der Waals surface area contributed by atoms with Crippen molar-refractivity contribution >= 4 is 16.8 Å². The molecule has 2 aromatic carbocycles. The standard InChI is InChI=1S/C16H16O4S/c17-16(18)13-7-9-15(10-8-13)21(19)12-4-11-20-14-5-2-1-3-6-14/h1-3,5-10H,4,11-12H2,(H,17,18). The molecular formula is C16H16O4S. The number of carboxylic acid groups (broad SMARTS) is 1. The Morgan fingerprint density at radius 3 is 2.33 bits per heavy atom. The number of hydrogen-bond acceptors (Lipinski definition) is 3. The second-order valence-corrected chi connectivity index (χ2v) is 5.96. The quantitative estimate of drug-likeness (QED) is 0.799. The van der Waals surface area contributed by atoms with Crippen LogP contribution in [0.4, 0.5) is 0 Å². The lowest BCUT2D eigenvalue weighted by molar-refractivity contribution is 0.0697. The van der Waals surface area contributed by atoms with Crippen molar-refractivity contribution in [1.82, 2.24) is 0 Å². The molecule has 0 amide bonds. The largest absolute Gasteiger partial charge is 0.494 e. The van der Waals surface area contributed by atoms with E-state index in [0.29, 0.717) is 23.7 Å². The molecule has 5 heteroatoms. The van der Waals surface area contributed by atoms with Crippen LogP contribution in [0.1, 0.15) is 16.8 Å². The first kappa shape index (κ1) is 15.3. The second kappa shape index (κ2) is 7.59. The second-order valence-electron chi connectivity index (χ2n) is 4.39. The molecule has 0 saturated carbocycles. The van der Waals surface area contributed by atoms with Crippen LogP contribution in [0.3, 0.4) is 0 Å². The summed E-state index contributed by atoms with van der Waals surface area (Å²) in [5.74, 6) is 0.303. The molecule has 0 spiro atoms. The van der Waals surface area contributed by atoms with E-state index in [-0.39, 0.29) is 5.56 Å². The summed E-state index contributed by atoms with van der Waals surface area (Å²) in [6, 6.07) is 15.6. The lowest BCUT2D eigenvalue weighted by atomic mass is 10.2. The maximum Gasteiger partial charge on any atom is 0.335 e. The lowest BCUT2D eigenvalue weighted by Gasteiger charge is -2.06. The van der Waals surface area contributed by atoms with Crippen molar-refractivity contribution in [1.29, 1.82) is 0 Å². The molecule has 0 radical (unpaired) electrons. The summed E-state index contributed by atoms with van der Waals surface area (Å²) in [4.78, 5) is 11.4. The maximum atomic E-state index is 12.0. The number of rotatable bonds is 7. The van der Waals surface area contributed by atoms with Gasteiger partial charge in [-0.25, -0.2) is 4.79 Å². The first-order valence-corrected chi connectivity index (χ1v) is 7.88. The molecule has 0 fully saturated rings. The average molecular weight is 304 g/mol. The Balaban J connectivity index is 1.78. The van der Waals surface area contributed by atoms with Crippen LogP contribution < -0.4 is 4.74 Å². The summed E-state index contributed by atoms with van der Waals surface area (Å²) in [6.07, 6.45) is 0.669. The van der Waals surface area contributed by atoms with E-state index in [1.807, 2.05) is 30.3 Å². The maximum absolute atomic E-state index is 12.0. The van der Waals surface area contributed by atoms with Gasteiger partial charge in [0.1, 0.15) is 5.75 Å². The van der Waals surface area contributed by atoms with Crippen LogP contribution in [0.5, 0.6) is 5.75 Å². The molecule has 2 aromatic rings. The number of ether oxygens (including phenoxy) is 1. The molecule has 0 bridgehead atoms. The van der Waals surface area contributed by atoms with Crippen LogP contribution in [-0.4, -0.2) is 27.6 Å². The van der Waals surface area contributed by atoms with Gasteiger partial charge in [-0.3, -0.25) is 4.21 Å². The molecule has 0 saturated heterocycles. The van der Waals surface area contributed by atoms with Gasteiger partial charge >= 0.3 is 5.97 Å². The van der Waals surface area contributed by atoms with E-state index in [1.165, 1.54) is 12.1 Å². The summed E-state index contributed by atoms with van der Waals surface area (Å²) >= 11 is 0. The van der Waals surface area contributed by atoms with Gasteiger partial charge in [0.15, 0.2) is 0 Å². The SMILES string of the molecule is O=C(O)c1ccc(S(=O)CCCOc2ccccc2)cc1. The Morgan fingerprint density at radius 2 is 1.71 bits per heavy atom. The molecule has 4 nitrogen and oxygen atoms in total. The third-order valence-corrected chi connectivity index (χ3v) is 4.31. The van der Waals surface area contributed by atoms with Crippen LogP contribution in [0.25, 0.3) is 0 Å². The zero-order valence-electron chi connectivity index (χ0n) is 11.4. The van der Waals surface area contributed by atoms with Gasteiger partial charge in [0, 0.05) is 10.6 Å². The van der Waals surface area contributed by atoms with Gasteiger partial charge in [-0.05, 0) is 42.8 Å². The molecule has 2 rings (SSSR count). The van der Waals surface area contributed by atoms with E-state index >= 15 is 0 Å². The van der Waals surface area contributed by atoms with Crippen LogP contribution >= 0.6 is 0 Å². The minimum absolute atomic E-state index is 0.197. The summed E-state index contributed by atoms with van der Waals surface area (Å²) in [6.45, 7) is 0.503. The minimum atomic E-state index is -1.14. The molecule has 1 atom stereocenters. The molecule has 0 aliphatic carbocycles. The normalized spacial score (nSPS) is 11.8. The third-order valence-electron chi connectivity index (χ3n) is 2.85. The van der Waals surface area contributed by atoms with Gasteiger partial charge in [0.25, 0.3) is 0 Å². The zero-order valence-corrected chi connectivity index (χ0v) is 12.2. The fourth-order valence-electron chi connectivity index (χ4n) is 1.76. The zero-order chi connectivity index (χ0) is 15.1. The number of para-hydroxylation sites is 1. The predicted octanol–water partition coefficient (Wildman–Crippen LogP) is 2.96. The van der Waals surface area contributed by atoms with Crippen molar-refractivity contribution in [3.8, 4) is 5.75 Å². The van der Waals surface area contributed by atoms with E-state index < -0.39 is 16.8 Å². The van der Waals surface area contributed by atoms with E-state index in [1.54, 1.807) is 12.1 Å². The Kier molecular flexibility index (Phi) is 5.51. The summed E-state index contributed by atoms with van der Waals surface area (Å²) in [5, 5.41) is 8.80. The smallest absolute Gasteiger partial charge is 0.335 e. The Morgan fingerprint density at radius 1 is 1.05 bits per heavy atom. The third kappa shape index (κ3) is 4.72. The highest BCUT2D eigenvalue weighted by Gasteiger charge is 2.06. The fourth-order valence-corrected chi connectivity index (χ4v) is 2.82. The first-order valence-electron chi connectivity index (χ1n) is 6.56. The van der Waals surface area contributed by atoms with Crippen molar-refractivity contribution in [3.63, 3.8) is 0 Å². The number of hydrogen-bond donors (Lipinski definition) is 1. The van der Waals surface area contributed by atoms with E-state index in [2.05, 4.69) is 0 Å². The lowest BCUT2D eigenvalue weighted by Crippen LogP contribution is -2.05. The van der Waals surface area contributed by atoms with Crippen molar-refractivity contribution in [2.45, 2.75) is 11.3 Å². The first-order chi connectivity index (χ1) is 10.2. The Labute approximate surface area is 125 Å². The summed E-state index contributed by atoms with van der Waals surface area (Å²) in [7, 11) is -1.14. The fraction of sp³-hybridized carbons (Fsp3) is 0.188. The highest BCUT2D eigenvalue weighted by molar-refractivity contribution is 7.85. The monoisotopic (exact) mass is 304 g/mol. The molecule has 0 heterocycles. The van der Waals surface area contributed by atoms with E-state index in [9.17, 15) is 9.00 Å². The van der Waals surface area contributed by atoms with Crippen LogP contribution in [-0.2, 0) is 10.8 Å². The molecule has 1 N–H and O–H groups in total. The highest BCUT2D eigenvalue weighted by atomic mass is 32.2. The summed E-state index contributed by atoms with van der Waals surface area (Å²) in [5.41, 5.74) is 0.197. The van der Waals surface area contributed by atoms with Crippen molar-refractivity contribution < 1.29 is 18.8 Å². The number of carboxylic acids is 1. The minimum Gasteiger partial charge on any atom is -0.494 e. The van der Waals surface area contributed by atoms with Crippen molar-refractivity contribution in [2.75, 3.05) is 12.4 Å². The van der Waals surface area contributed by atoms with Crippen LogP contribution in [0.2, 0.25) is 0 Å². The van der Waals surface area contributed by atoms with Crippen molar-refractivity contribution in [3.05, 3.63) is 60.2 Å². The molecule has 21 heavy (non-hydrogen) atoms. The molecule has 0 aliphatic heterocycles. The van der Waals surface area contributed by atoms with Gasteiger partial charge in [0.2, 0.25) is 0 Å². The average Bonchev–Trinajstić information content (AvgIpc) is 2.52. The van der Waals surface area contributed by atoms with Crippen LogP contribution in [0, 0.1) is 0 Å². The van der Waals surface area contributed by atoms with Gasteiger partial charge in [-0.15, -0.1) is 0 Å². The number of aromatic carboxylic acids is 1. The number of carbonyl (C=O) groups is 1.